The number of piperidine rings is 1. The third-order valence-corrected chi connectivity index (χ3v) is 3.99. The number of hydrogen-bond donors (Lipinski definition) is 0. The molecule has 100 valence electrons. The van der Waals surface area contributed by atoms with Crippen LogP contribution in [0, 0.1) is 5.92 Å². The van der Waals surface area contributed by atoms with Gasteiger partial charge in [0.15, 0.2) is 0 Å². The number of methoxy groups -OCH3 is 1. The van der Waals surface area contributed by atoms with Crippen LogP contribution in [-0.2, 0) is 4.74 Å². The zero-order valence-electron chi connectivity index (χ0n) is 10.4. The Morgan fingerprint density at radius 1 is 1.28 bits per heavy atom. The number of rotatable bonds is 6. The second-order valence-electron chi connectivity index (χ2n) is 4.68. The van der Waals surface area contributed by atoms with E-state index in [9.17, 15) is 0 Å². The Morgan fingerprint density at radius 2 is 2.17 bits per heavy atom. The highest BCUT2D eigenvalue weighted by Crippen LogP contribution is 2.33. The van der Waals surface area contributed by atoms with E-state index in [1.807, 2.05) is 0 Å². The molecule has 3 unspecified atom stereocenters. The van der Waals surface area contributed by atoms with Gasteiger partial charge in [-0.2, -0.15) is 0 Å². The van der Waals surface area contributed by atoms with E-state index in [1.165, 1.54) is 13.0 Å². The summed E-state index contributed by atoms with van der Waals surface area (Å²) in [6.45, 7) is 4.37. The maximum Gasteiger partial charge on any atom is 0.291 e. The molecule has 1 aromatic heterocycles. The number of nitrogens with zero attached hydrogens (tertiary/aromatic N) is 3. The van der Waals surface area contributed by atoms with Gasteiger partial charge < -0.3 is 14.2 Å². The Morgan fingerprint density at radius 3 is 2.89 bits per heavy atom. The van der Waals surface area contributed by atoms with Crippen LogP contribution in [0.2, 0.25) is 0 Å². The highest BCUT2D eigenvalue weighted by Gasteiger charge is 2.40. The zero-order chi connectivity index (χ0) is 12.4. The van der Waals surface area contributed by atoms with Crippen molar-refractivity contribution < 1.29 is 14.2 Å². The van der Waals surface area contributed by atoms with Crippen LogP contribution in [0.15, 0.2) is 0 Å². The van der Waals surface area contributed by atoms with E-state index in [2.05, 4.69) is 13.6 Å². The molecule has 1 aromatic rings. The van der Waals surface area contributed by atoms with Crippen molar-refractivity contribution >= 4 is 11.7 Å². The molecular formula is C11H17N3O3S. The lowest BCUT2D eigenvalue weighted by atomic mass is 10.0. The Bertz CT molecular complexity index is 401. The zero-order valence-corrected chi connectivity index (χ0v) is 11.2. The molecule has 2 bridgehead atoms. The molecule has 3 rings (SSSR count). The number of aromatic nitrogens is 2. The van der Waals surface area contributed by atoms with Crippen molar-refractivity contribution in [2.45, 2.75) is 12.5 Å². The molecule has 3 heterocycles. The number of ether oxygens (including phenoxy) is 3. The summed E-state index contributed by atoms with van der Waals surface area (Å²) in [6.07, 6.45) is 1.47. The van der Waals surface area contributed by atoms with E-state index in [0.29, 0.717) is 30.9 Å². The molecule has 0 aliphatic carbocycles. The molecule has 0 saturated carbocycles. The van der Waals surface area contributed by atoms with Crippen molar-refractivity contribution in [1.29, 1.82) is 0 Å². The summed E-state index contributed by atoms with van der Waals surface area (Å²) < 4.78 is 24.6. The van der Waals surface area contributed by atoms with Crippen molar-refractivity contribution in [2.24, 2.45) is 5.92 Å². The van der Waals surface area contributed by atoms with E-state index in [4.69, 9.17) is 14.2 Å². The first-order valence-electron chi connectivity index (χ1n) is 6.20. The summed E-state index contributed by atoms with van der Waals surface area (Å²) in [5.74, 6) is 1.67. The first-order valence-corrected chi connectivity index (χ1v) is 6.93. The minimum Gasteiger partial charge on any atom is -0.471 e. The fourth-order valence-corrected chi connectivity index (χ4v) is 3.01. The monoisotopic (exact) mass is 271 g/mol. The Kier molecular flexibility index (Phi) is 3.62. The summed E-state index contributed by atoms with van der Waals surface area (Å²) in [5, 5.41) is 0. The first-order chi connectivity index (χ1) is 8.86. The predicted molar refractivity (Wildman–Crippen MR) is 66.2 cm³/mol. The van der Waals surface area contributed by atoms with Crippen LogP contribution in [0.5, 0.6) is 11.8 Å². The number of fused-ring (bicyclic) bond motifs is 2. The van der Waals surface area contributed by atoms with E-state index >= 15 is 0 Å². The highest BCUT2D eigenvalue weighted by atomic mass is 32.1. The molecule has 18 heavy (non-hydrogen) atoms. The Hall–Kier alpha value is -0.920. The SMILES string of the molecule is COCCOc1nsnc1OC1CN2CCC1C2. The lowest BCUT2D eigenvalue weighted by molar-refractivity contribution is 0.118. The fourth-order valence-electron chi connectivity index (χ4n) is 2.57. The van der Waals surface area contributed by atoms with Gasteiger partial charge in [-0.25, -0.2) is 0 Å². The van der Waals surface area contributed by atoms with Crippen molar-refractivity contribution in [2.75, 3.05) is 40.0 Å². The highest BCUT2D eigenvalue weighted by molar-refractivity contribution is 6.99. The quantitative estimate of drug-likeness (QED) is 0.708. The van der Waals surface area contributed by atoms with E-state index in [0.717, 1.165) is 24.8 Å². The molecule has 6 nitrogen and oxygen atoms in total. The molecule has 0 spiro atoms. The van der Waals surface area contributed by atoms with Gasteiger partial charge in [-0.05, 0) is 13.0 Å². The summed E-state index contributed by atoms with van der Waals surface area (Å²) >= 11 is 1.12. The second kappa shape index (κ2) is 5.38. The molecule has 3 atom stereocenters. The van der Waals surface area contributed by atoms with Crippen molar-refractivity contribution in [3.05, 3.63) is 0 Å². The van der Waals surface area contributed by atoms with Gasteiger partial charge in [-0.3, -0.25) is 4.90 Å². The lowest BCUT2D eigenvalue weighted by Crippen LogP contribution is -2.32. The lowest BCUT2D eigenvalue weighted by Gasteiger charge is -2.22. The van der Waals surface area contributed by atoms with Gasteiger partial charge in [0.25, 0.3) is 11.8 Å². The minimum absolute atomic E-state index is 0.243. The Balaban J connectivity index is 1.57. The maximum absolute atomic E-state index is 5.94. The molecule has 2 saturated heterocycles. The molecule has 0 aromatic carbocycles. The predicted octanol–water partition coefficient (Wildman–Crippen LogP) is 0.646. The third kappa shape index (κ3) is 2.43. The molecule has 7 heteroatoms. The Labute approximate surface area is 110 Å². The van der Waals surface area contributed by atoms with Crippen LogP contribution in [0.4, 0.5) is 0 Å². The minimum atomic E-state index is 0.243. The topological polar surface area (TPSA) is 56.7 Å². The van der Waals surface area contributed by atoms with Crippen molar-refractivity contribution in [3.63, 3.8) is 0 Å². The molecule has 0 N–H and O–H groups in total. The van der Waals surface area contributed by atoms with Gasteiger partial charge in [0.05, 0.1) is 18.3 Å². The summed E-state index contributed by atoms with van der Waals surface area (Å²) in [6, 6.07) is 0. The van der Waals surface area contributed by atoms with Gasteiger partial charge in [-0.1, -0.05) is 0 Å². The molecule has 2 aliphatic rings. The van der Waals surface area contributed by atoms with Crippen LogP contribution < -0.4 is 9.47 Å². The summed E-state index contributed by atoms with van der Waals surface area (Å²) in [7, 11) is 1.64. The van der Waals surface area contributed by atoms with Gasteiger partial charge in [0.1, 0.15) is 12.7 Å². The smallest absolute Gasteiger partial charge is 0.291 e. The summed E-state index contributed by atoms with van der Waals surface area (Å²) in [5.41, 5.74) is 0. The van der Waals surface area contributed by atoms with Gasteiger partial charge in [-0.15, -0.1) is 8.75 Å². The molecular weight excluding hydrogens is 254 g/mol. The van der Waals surface area contributed by atoms with Crippen LogP contribution in [0.3, 0.4) is 0 Å². The van der Waals surface area contributed by atoms with Crippen LogP contribution in [0.25, 0.3) is 0 Å². The van der Waals surface area contributed by atoms with Gasteiger partial charge >= 0.3 is 0 Å². The van der Waals surface area contributed by atoms with E-state index < -0.39 is 0 Å². The molecule has 2 aliphatic heterocycles. The second-order valence-corrected chi connectivity index (χ2v) is 5.21. The summed E-state index contributed by atoms with van der Waals surface area (Å²) in [4.78, 5) is 2.43. The van der Waals surface area contributed by atoms with Gasteiger partial charge in [0, 0.05) is 26.1 Å². The molecule has 0 radical (unpaired) electrons. The largest absolute Gasteiger partial charge is 0.471 e. The van der Waals surface area contributed by atoms with Crippen LogP contribution in [-0.4, -0.2) is 59.7 Å². The average molecular weight is 271 g/mol. The molecule has 0 amide bonds. The molecule has 2 fully saturated rings. The maximum atomic E-state index is 5.94. The fraction of sp³-hybridized carbons (Fsp3) is 0.818. The van der Waals surface area contributed by atoms with Crippen LogP contribution >= 0.6 is 11.7 Å². The van der Waals surface area contributed by atoms with Gasteiger partial charge in [0.2, 0.25) is 0 Å². The standard InChI is InChI=1S/C11H17N3O3S/c1-15-4-5-16-10-11(13-18-12-10)17-9-7-14-3-2-8(9)6-14/h8-9H,2-7H2,1H3. The first kappa shape index (κ1) is 12.1. The van der Waals surface area contributed by atoms with E-state index in [-0.39, 0.29) is 6.10 Å². The average Bonchev–Trinajstić information content (AvgIpc) is 3.07. The van der Waals surface area contributed by atoms with Crippen molar-refractivity contribution in [1.82, 2.24) is 13.6 Å². The van der Waals surface area contributed by atoms with E-state index in [1.54, 1.807) is 7.11 Å². The third-order valence-electron chi connectivity index (χ3n) is 3.49. The van der Waals surface area contributed by atoms with Crippen LogP contribution in [0.1, 0.15) is 6.42 Å². The number of hydrogen-bond acceptors (Lipinski definition) is 7. The van der Waals surface area contributed by atoms with Crippen molar-refractivity contribution in [3.8, 4) is 11.8 Å². The normalized spacial score (nSPS) is 29.7.